The summed E-state index contributed by atoms with van der Waals surface area (Å²) in [5, 5.41) is 2.97. The van der Waals surface area contributed by atoms with E-state index in [2.05, 4.69) is 210 Å². The maximum atomic E-state index is 9.07. The molecule has 2 aliphatic rings. The normalized spacial score (nSPS) is 17.5. The number of allylic oxidation sites excluding steroid dienone is 2. The first-order valence-corrected chi connectivity index (χ1v) is 49.3. The molecule has 2 atom stereocenters. The first-order chi connectivity index (χ1) is 26.6. The molecule has 283 valence electrons. The fourth-order valence-electron chi connectivity index (χ4n) is 9.80. The van der Waals surface area contributed by atoms with Crippen LogP contribution in [0.25, 0.3) is 45.6 Å². The van der Waals surface area contributed by atoms with Crippen molar-refractivity contribution < 1.29 is 15.3 Å². The molecule has 0 aliphatic heterocycles. The quantitative estimate of drug-likeness (QED) is 0.127. The van der Waals surface area contributed by atoms with Crippen molar-refractivity contribution in [2.24, 2.45) is 0 Å². The van der Waals surface area contributed by atoms with Crippen molar-refractivity contribution in [3.63, 3.8) is 0 Å². The zero-order valence-electron chi connectivity index (χ0n) is 34.0. The number of hydrogen-bond donors (Lipinski definition) is 0. The molecule has 0 heterocycles. The third-order valence-electron chi connectivity index (χ3n) is 12.6. The van der Waals surface area contributed by atoms with Crippen LogP contribution in [0, 0.1) is 0 Å². The molecule has 2 unspecified atom stereocenters. The van der Waals surface area contributed by atoms with Crippen LogP contribution >= 0.6 is 17.2 Å². The molecule has 56 heavy (non-hydrogen) atoms. The van der Waals surface area contributed by atoms with Crippen molar-refractivity contribution in [2.45, 2.75) is 59.7 Å². The third-order valence-corrected chi connectivity index (χ3v) is 89.1. The van der Waals surface area contributed by atoms with Gasteiger partial charge >= 0.3 is 349 Å². The Hall–Kier alpha value is -3.10. The molecule has 0 saturated carbocycles. The molecule has 0 nitrogen and oxygen atoms in total. The van der Waals surface area contributed by atoms with Gasteiger partial charge in [-0.2, -0.15) is 0 Å². The van der Waals surface area contributed by atoms with Gasteiger partial charge in [0.15, 0.2) is 0 Å². The summed E-state index contributed by atoms with van der Waals surface area (Å²) < 4.78 is -0.140. The maximum absolute atomic E-state index is 9.07. The number of rotatable bonds is 9. The first kappa shape index (κ1) is 39.7. The summed E-state index contributed by atoms with van der Waals surface area (Å²) in [6.07, 6.45) is 4.98. The Balaban J connectivity index is 1.44. The molecule has 0 spiro atoms. The zero-order valence-corrected chi connectivity index (χ0v) is 42.3. The van der Waals surface area contributed by atoms with Gasteiger partial charge in [0.2, 0.25) is 0 Å². The minimum atomic E-state index is -5.40. The van der Waals surface area contributed by atoms with E-state index in [1.54, 1.807) is 0 Å². The summed E-state index contributed by atoms with van der Waals surface area (Å²) in [6, 6.07) is 54.2. The van der Waals surface area contributed by atoms with Gasteiger partial charge in [-0.15, -0.1) is 0 Å². The zero-order chi connectivity index (χ0) is 39.6. The summed E-state index contributed by atoms with van der Waals surface area (Å²) in [6.45, 7) is 19.6. The van der Waals surface area contributed by atoms with E-state index in [-0.39, 0.29) is 7.35 Å². The van der Waals surface area contributed by atoms with Gasteiger partial charge in [0.1, 0.15) is 0 Å². The van der Waals surface area contributed by atoms with Crippen molar-refractivity contribution in [1.82, 2.24) is 0 Å². The van der Waals surface area contributed by atoms with E-state index >= 15 is 0 Å². The summed E-state index contributed by atoms with van der Waals surface area (Å²) in [5.74, 6) is -1.83. The SMILES string of the molecule is C[SiH](C)[Hf]([Cl])([Cl])([CH]1C(c2ccccc2)=Cc2c(-c3ccccc3[Si](C)(C)C)cccc21)[CH]1C(c2ccccc2)=Cc2c(-c3ccccc3[Si](C)(C)C)cccc21. The third kappa shape index (κ3) is 6.57. The van der Waals surface area contributed by atoms with Crippen molar-refractivity contribution >= 4 is 73.0 Å². The van der Waals surface area contributed by atoms with E-state index in [0.717, 1.165) is 0 Å². The van der Waals surface area contributed by atoms with Crippen LogP contribution in [0.4, 0.5) is 0 Å². The molecule has 0 bridgehead atoms. The molecular weight excluding hydrogens is 934 g/mol. The van der Waals surface area contributed by atoms with Crippen LogP contribution in [0.5, 0.6) is 0 Å². The Morgan fingerprint density at radius 3 is 1.12 bits per heavy atom. The molecule has 0 amide bonds. The van der Waals surface area contributed by atoms with Crippen molar-refractivity contribution in [1.29, 1.82) is 0 Å². The molecule has 0 aromatic heterocycles. The number of fused-ring (bicyclic) bond motifs is 2. The van der Waals surface area contributed by atoms with Gasteiger partial charge in [0, 0.05) is 0 Å². The van der Waals surface area contributed by atoms with E-state index in [9.17, 15) is 0 Å². The Morgan fingerprint density at radius 1 is 0.429 bits per heavy atom. The van der Waals surface area contributed by atoms with Crippen LogP contribution in [-0.2, 0) is 15.3 Å². The van der Waals surface area contributed by atoms with E-state index in [0.29, 0.717) is 0 Å². The van der Waals surface area contributed by atoms with Gasteiger partial charge in [-0.05, 0) is 0 Å². The Bertz CT molecular complexity index is 2350. The molecule has 0 N–H and O–H groups in total. The van der Waals surface area contributed by atoms with Gasteiger partial charge in [-0.1, -0.05) is 0 Å². The van der Waals surface area contributed by atoms with Crippen LogP contribution in [-0.4, -0.2) is 22.1 Å². The summed E-state index contributed by atoms with van der Waals surface area (Å²) in [5.41, 5.74) is 15.5. The molecule has 6 heteroatoms. The number of benzene rings is 6. The van der Waals surface area contributed by atoms with E-state index < -0.39 is 37.4 Å². The van der Waals surface area contributed by atoms with Crippen LogP contribution in [0.15, 0.2) is 146 Å². The topological polar surface area (TPSA) is 0 Å². The summed E-state index contributed by atoms with van der Waals surface area (Å²) in [4.78, 5) is 0. The van der Waals surface area contributed by atoms with Crippen molar-refractivity contribution in [3.8, 4) is 22.3 Å². The van der Waals surface area contributed by atoms with Crippen LogP contribution in [0.2, 0.25) is 52.4 Å². The predicted octanol–water partition coefficient (Wildman–Crippen LogP) is 14.0. The average molecular weight is 988 g/mol. The predicted molar refractivity (Wildman–Crippen MR) is 254 cm³/mol. The van der Waals surface area contributed by atoms with Crippen LogP contribution in [0.1, 0.15) is 40.7 Å². The standard InChI is InChI=1S/2C24H23Si.C2H7Si.2ClH.Hf/c2*1-25(2,3)24-15-8-7-13-22(24)21-14-9-12-19-16-20(17-23(19)21)18-10-5-4-6-11-18;1-3-2;;;/h2*4-17H,1-3H3;3H,1-2H3;2*1H;/q;;;;;+2/p-2. The van der Waals surface area contributed by atoms with Crippen molar-refractivity contribution in [2.75, 3.05) is 0 Å². The van der Waals surface area contributed by atoms with Crippen LogP contribution in [0.3, 0.4) is 0 Å². The summed E-state index contributed by atoms with van der Waals surface area (Å²) in [7, 11) is 14.8. The van der Waals surface area contributed by atoms with Crippen molar-refractivity contribution in [3.05, 3.63) is 179 Å². The monoisotopic (exact) mass is 987 g/mol. The second kappa shape index (κ2) is 14.6. The number of halogens is 2. The Kier molecular flexibility index (Phi) is 10.4. The van der Waals surface area contributed by atoms with Crippen LogP contribution < -0.4 is 10.4 Å². The minimum absolute atomic E-state index is 0.0700. The van der Waals surface area contributed by atoms with Gasteiger partial charge in [-0.25, -0.2) is 0 Å². The Labute approximate surface area is 346 Å². The molecule has 6 aromatic rings. The second-order valence-electron chi connectivity index (χ2n) is 18.4. The molecule has 2 aliphatic carbocycles. The van der Waals surface area contributed by atoms with Gasteiger partial charge in [0.25, 0.3) is 0 Å². The van der Waals surface area contributed by atoms with E-state index in [4.69, 9.17) is 17.2 Å². The first-order valence-electron chi connectivity index (χ1n) is 20.2. The number of hydrogen-bond acceptors (Lipinski definition) is 0. The molecular formula is C50H53Cl2HfSi3. The second-order valence-corrected chi connectivity index (χ2v) is 87.7. The molecule has 8 rings (SSSR count). The molecule has 0 fully saturated rings. The fraction of sp³-hybridized carbons (Fsp3) is 0.200. The van der Waals surface area contributed by atoms with E-state index in [1.165, 1.54) is 77.2 Å². The summed E-state index contributed by atoms with van der Waals surface area (Å²) >= 11 is -5.40. The average Bonchev–Trinajstić information content (AvgIpc) is 3.79. The fourth-order valence-corrected chi connectivity index (χ4v) is 55.7. The molecule has 0 saturated heterocycles. The Morgan fingerprint density at radius 2 is 0.768 bits per heavy atom. The van der Waals surface area contributed by atoms with Gasteiger partial charge < -0.3 is 0 Å². The van der Waals surface area contributed by atoms with E-state index in [1.807, 2.05) is 0 Å². The molecule has 0 radical (unpaired) electrons. The molecule has 6 aromatic carbocycles. The van der Waals surface area contributed by atoms with Gasteiger partial charge in [-0.3, -0.25) is 0 Å². The van der Waals surface area contributed by atoms with Gasteiger partial charge in [0.05, 0.1) is 0 Å².